The normalized spacial score (nSPS) is 12.1. The van der Waals surface area contributed by atoms with Crippen LogP contribution in [0.3, 0.4) is 0 Å². The number of oxazole rings is 1. The van der Waals surface area contributed by atoms with Crippen molar-refractivity contribution in [3.8, 4) is 11.5 Å². The number of amides is 1. The average Bonchev–Trinajstić information content (AvgIpc) is 2.86. The molecule has 1 atom stereocenters. The molecule has 2 rings (SSSR count). The van der Waals surface area contributed by atoms with Gasteiger partial charge in [-0.05, 0) is 31.5 Å². The number of nitrogens with zero attached hydrogens (tertiary/aromatic N) is 1. The fraction of sp³-hybridized carbons (Fsp3) is 0.375. The summed E-state index contributed by atoms with van der Waals surface area (Å²) < 4.78 is 5.64. The third kappa shape index (κ3) is 4.16. The maximum Gasteiger partial charge on any atom is 0.226 e. The van der Waals surface area contributed by atoms with Gasteiger partial charge in [0.1, 0.15) is 5.76 Å². The zero-order valence-corrected chi connectivity index (χ0v) is 12.4. The van der Waals surface area contributed by atoms with Crippen LogP contribution >= 0.6 is 0 Å². The number of aryl methyl sites for hydroxylation is 1. The molecule has 1 aromatic carbocycles. The van der Waals surface area contributed by atoms with Crippen molar-refractivity contribution in [3.63, 3.8) is 0 Å². The van der Waals surface area contributed by atoms with Gasteiger partial charge in [0.25, 0.3) is 0 Å². The largest absolute Gasteiger partial charge is 0.441 e. The summed E-state index contributed by atoms with van der Waals surface area (Å²) in [4.78, 5) is 16.3. The Morgan fingerprint density at radius 2 is 2.10 bits per heavy atom. The highest BCUT2D eigenvalue weighted by atomic mass is 16.4. The Bertz CT molecular complexity index is 593. The highest BCUT2D eigenvalue weighted by molar-refractivity contribution is 5.78. The van der Waals surface area contributed by atoms with Crippen LogP contribution in [0.5, 0.6) is 0 Å². The van der Waals surface area contributed by atoms with Crippen LogP contribution in [0.1, 0.15) is 18.4 Å². The molecule has 0 radical (unpaired) electrons. The number of rotatable bonds is 6. The molecule has 2 aromatic rings. The lowest BCUT2D eigenvalue weighted by atomic mass is 10.2. The van der Waals surface area contributed by atoms with Gasteiger partial charge in [0.05, 0.1) is 12.1 Å². The van der Waals surface area contributed by atoms with E-state index >= 15 is 0 Å². The highest BCUT2D eigenvalue weighted by Gasteiger charge is 2.14. The molecule has 21 heavy (non-hydrogen) atoms. The quantitative estimate of drug-likeness (QED) is 0.850. The zero-order valence-electron chi connectivity index (χ0n) is 12.4. The first-order valence-electron chi connectivity index (χ1n) is 7.08. The number of hydrogen-bond acceptors (Lipinski definition) is 4. The number of hydrogen-bond donors (Lipinski definition) is 2. The predicted molar refractivity (Wildman–Crippen MR) is 81.6 cm³/mol. The van der Waals surface area contributed by atoms with E-state index in [0.29, 0.717) is 30.4 Å². The number of benzene rings is 1. The van der Waals surface area contributed by atoms with E-state index in [0.717, 1.165) is 5.56 Å². The van der Waals surface area contributed by atoms with E-state index in [1.54, 1.807) is 0 Å². The fourth-order valence-corrected chi connectivity index (χ4v) is 1.88. The molecule has 5 nitrogen and oxygen atoms in total. The number of carbonyl (C=O) groups excluding carboxylic acids is 1. The van der Waals surface area contributed by atoms with Crippen molar-refractivity contribution < 1.29 is 9.21 Å². The Hall–Kier alpha value is -2.14. The first-order chi connectivity index (χ1) is 10.1. The summed E-state index contributed by atoms with van der Waals surface area (Å²) in [5.41, 5.74) is 7.10. The van der Waals surface area contributed by atoms with Crippen LogP contribution in [0.15, 0.2) is 34.7 Å². The van der Waals surface area contributed by atoms with Crippen LogP contribution in [-0.4, -0.2) is 24.0 Å². The SMILES string of the molecule is Cc1oc(-c2ccccc2)nc1CC(=O)NCC(C)CN. The summed E-state index contributed by atoms with van der Waals surface area (Å²) in [5.74, 6) is 1.43. The van der Waals surface area contributed by atoms with E-state index in [4.69, 9.17) is 10.2 Å². The van der Waals surface area contributed by atoms with E-state index in [2.05, 4.69) is 10.3 Å². The van der Waals surface area contributed by atoms with Crippen molar-refractivity contribution in [2.75, 3.05) is 13.1 Å². The molecule has 1 heterocycles. The maximum atomic E-state index is 11.9. The highest BCUT2D eigenvalue weighted by Crippen LogP contribution is 2.21. The van der Waals surface area contributed by atoms with Gasteiger partial charge >= 0.3 is 0 Å². The summed E-state index contributed by atoms with van der Waals surface area (Å²) >= 11 is 0. The molecule has 0 saturated carbocycles. The van der Waals surface area contributed by atoms with Crippen LogP contribution in [-0.2, 0) is 11.2 Å². The van der Waals surface area contributed by atoms with Gasteiger partial charge in [0.15, 0.2) is 0 Å². The molecule has 1 aromatic heterocycles. The fourth-order valence-electron chi connectivity index (χ4n) is 1.88. The van der Waals surface area contributed by atoms with Crippen molar-refractivity contribution in [2.24, 2.45) is 11.7 Å². The number of carbonyl (C=O) groups is 1. The van der Waals surface area contributed by atoms with Gasteiger partial charge < -0.3 is 15.5 Å². The molecule has 0 aliphatic rings. The molecule has 0 aliphatic heterocycles. The summed E-state index contributed by atoms with van der Waals surface area (Å²) in [6.45, 7) is 4.96. The molecule has 0 saturated heterocycles. The Balaban J connectivity index is 2.01. The van der Waals surface area contributed by atoms with Gasteiger partial charge in [-0.2, -0.15) is 0 Å². The average molecular weight is 287 g/mol. The molecular formula is C16H21N3O2. The monoisotopic (exact) mass is 287 g/mol. The van der Waals surface area contributed by atoms with Gasteiger partial charge in [-0.15, -0.1) is 0 Å². The van der Waals surface area contributed by atoms with Gasteiger partial charge in [0, 0.05) is 12.1 Å². The Kier molecular flexibility index (Phi) is 5.11. The summed E-state index contributed by atoms with van der Waals surface area (Å²) in [7, 11) is 0. The third-order valence-corrected chi connectivity index (χ3v) is 3.29. The summed E-state index contributed by atoms with van der Waals surface area (Å²) in [5, 5.41) is 2.86. The predicted octanol–water partition coefficient (Wildman–Crippen LogP) is 1.90. The van der Waals surface area contributed by atoms with E-state index in [1.807, 2.05) is 44.2 Å². The number of aromatic nitrogens is 1. The summed E-state index contributed by atoms with van der Waals surface area (Å²) in [6, 6.07) is 9.65. The van der Waals surface area contributed by atoms with Crippen molar-refractivity contribution in [3.05, 3.63) is 41.8 Å². The molecular weight excluding hydrogens is 266 g/mol. The second kappa shape index (κ2) is 7.04. The molecule has 3 N–H and O–H groups in total. The minimum Gasteiger partial charge on any atom is -0.441 e. The first-order valence-corrected chi connectivity index (χ1v) is 7.08. The van der Waals surface area contributed by atoms with Crippen LogP contribution < -0.4 is 11.1 Å². The molecule has 0 fully saturated rings. The second-order valence-corrected chi connectivity index (χ2v) is 5.21. The Labute approximate surface area is 124 Å². The van der Waals surface area contributed by atoms with Crippen LogP contribution in [0.25, 0.3) is 11.5 Å². The maximum absolute atomic E-state index is 11.9. The zero-order chi connectivity index (χ0) is 15.2. The third-order valence-electron chi connectivity index (χ3n) is 3.29. The minimum atomic E-state index is -0.0636. The van der Waals surface area contributed by atoms with E-state index in [1.165, 1.54) is 0 Å². The number of nitrogens with two attached hydrogens (primary N) is 1. The minimum absolute atomic E-state index is 0.0636. The lowest BCUT2D eigenvalue weighted by molar-refractivity contribution is -0.120. The van der Waals surface area contributed by atoms with Crippen LogP contribution in [0, 0.1) is 12.8 Å². The van der Waals surface area contributed by atoms with Crippen molar-refractivity contribution in [1.29, 1.82) is 0 Å². The summed E-state index contributed by atoms with van der Waals surface area (Å²) in [6.07, 6.45) is 0.222. The smallest absolute Gasteiger partial charge is 0.226 e. The lowest BCUT2D eigenvalue weighted by Crippen LogP contribution is -2.32. The molecule has 112 valence electrons. The molecule has 1 unspecified atom stereocenters. The van der Waals surface area contributed by atoms with Crippen molar-refractivity contribution in [1.82, 2.24) is 10.3 Å². The Morgan fingerprint density at radius 3 is 2.76 bits per heavy atom. The van der Waals surface area contributed by atoms with Gasteiger partial charge in [0.2, 0.25) is 11.8 Å². The second-order valence-electron chi connectivity index (χ2n) is 5.21. The van der Waals surface area contributed by atoms with E-state index < -0.39 is 0 Å². The van der Waals surface area contributed by atoms with Crippen LogP contribution in [0.2, 0.25) is 0 Å². The molecule has 0 bridgehead atoms. The van der Waals surface area contributed by atoms with Crippen molar-refractivity contribution in [2.45, 2.75) is 20.3 Å². The van der Waals surface area contributed by atoms with E-state index in [-0.39, 0.29) is 18.2 Å². The van der Waals surface area contributed by atoms with E-state index in [9.17, 15) is 4.79 Å². The first kappa shape index (κ1) is 15.3. The van der Waals surface area contributed by atoms with Gasteiger partial charge in [-0.3, -0.25) is 4.79 Å². The Morgan fingerprint density at radius 1 is 1.38 bits per heavy atom. The standard InChI is InChI=1S/C16H21N3O2/c1-11(9-17)10-18-15(20)8-14-12(2)21-16(19-14)13-6-4-3-5-7-13/h3-7,11H,8-10,17H2,1-2H3,(H,18,20). The van der Waals surface area contributed by atoms with Gasteiger partial charge in [-0.1, -0.05) is 25.1 Å². The van der Waals surface area contributed by atoms with Crippen LogP contribution in [0.4, 0.5) is 0 Å². The number of nitrogens with one attached hydrogen (secondary N) is 1. The molecule has 5 heteroatoms. The van der Waals surface area contributed by atoms with Gasteiger partial charge in [-0.25, -0.2) is 4.98 Å². The molecule has 0 aliphatic carbocycles. The topological polar surface area (TPSA) is 81.2 Å². The molecule has 0 spiro atoms. The lowest BCUT2D eigenvalue weighted by Gasteiger charge is -2.09. The molecule has 1 amide bonds. The van der Waals surface area contributed by atoms with Crippen molar-refractivity contribution >= 4 is 5.91 Å².